The molecule has 98 valence electrons. The van der Waals surface area contributed by atoms with Crippen molar-refractivity contribution >= 4 is 11.9 Å². The Hall–Kier alpha value is -2.76. The number of halogens is 1. The van der Waals surface area contributed by atoms with Crippen molar-refractivity contribution in [1.82, 2.24) is 15.6 Å². The first-order valence-corrected chi connectivity index (χ1v) is 6.02. The van der Waals surface area contributed by atoms with Crippen molar-refractivity contribution < 1.29 is 14.0 Å². The molecule has 1 atom stereocenters. The van der Waals surface area contributed by atoms with Gasteiger partial charge in [0.1, 0.15) is 5.82 Å². The van der Waals surface area contributed by atoms with Gasteiger partial charge in [0, 0.05) is 22.9 Å². The second-order valence-corrected chi connectivity index (χ2v) is 4.75. The summed E-state index contributed by atoms with van der Waals surface area (Å²) in [6, 6.07) is 6.95. The predicted octanol–water partition coefficient (Wildman–Crippen LogP) is 1.28. The first kappa shape index (κ1) is 11.1. The van der Waals surface area contributed by atoms with Crippen LogP contribution in [0.15, 0.2) is 36.5 Å². The van der Waals surface area contributed by atoms with E-state index in [0.717, 1.165) is 0 Å². The van der Waals surface area contributed by atoms with Crippen LogP contribution in [0.2, 0.25) is 0 Å². The smallest absolute Gasteiger partial charge is 0.316 e. The van der Waals surface area contributed by atoms with E-state index in [0.29, 0.717) is 22.4 Å². The SMILES string of the molecule is O=C1NC(=O)C2(N1)c1cc(F)ccc1-c1ncccc12. The minimum Gasteiger partial charge on any atom is -0.316 e. The zero-order valence-electron chi connectivity index (χ0n) is 10.1. The highest BCUT2D eigenvalue weighted by Crippen LogP contribution is 2.47. The van der Waals surface area contributed by atoms with E-state index in [1.807, 2.05) is 0 Å². The van der Waals surface area contributed by atoms with Crippen molar-refractivity contribution in [2.45, 2.75) is 5.54 Å². The molecule has 0 bridgehead atoms. The van der Waals surface area contributed by atoms with Gasteiger partial charge in [-0.05, 0) is 24.3 Å². The molecule has 1 saturated heterocycles. The summed E-state index contributed by atoms with van der Waals surface area (Å²) in [4.78, 5) is 28.1. The second kappa shape index (κ2) is 3.41. The average Bonchev–Trinajstić information content (AvgIpc) is 2.88. The van der Waals surface area contributed by atoms with Crippen molar-refractivity contribution in [3.05, 3.63) is 53.5 Å². The minimum atomic E-state index is -1.38. The lowest BCUT2D eigenvalue weighted by molar-refractivity contribution is -0.122. The summed E-state index contributed by atoms with van der Waals surface area (Å²) >= 11 is 0. The molecule has 2 N–H and O–H groups in total. The van der Waals surface area contributed by atoms with Gasteiger partial charge in [0.05, 0.1) is 5.69 Å². The number of nitrogens with one attached hydrogen (secondary N) is 2. The molecule has 1 unspecified atom stereocenters. The van der Waals surface area contributed by atoms with Crippen LogP contribution in [0.25, 0.3) is 11.3 Å². The number of imide groups is 1. The Morgan fingerprint density at radius 3 is 2.75 bits per heavy atom. The zero-order valence-corrected chi connectivity index (χ0v) is 10.1. The third kappa shape index (κ3) is 1.13. The van der Waals surface area contributed by atoms with Gasteiger partial charge < -0.3 is 5.32 Å². The molecule has 20 heavy (non-hydrogen) atoms. The van der Waals surface area contributed by atoms with Gasteiger partial charge in [0.25, 0.3) is 5.91 Å². The van der Waals surface area contributed by atoms with Crippen LogP contribution in [0, 0.1) is 5.82 Å². The quantitative estimate of drug-likeness (QED) is 0.708. The van der Waals surface area contributed by atoms with Crippen molar-refractivity contribution in [1.29, 1.82) is 0 Å². The summed E-state index contributed by atoms with van der Waals surface area (Å²) in [6.07, 6.45) is 1.60. The molecule has 5 nitrogen and oxygen atoms in total. The van der Waals surface area contributed by atoms with Crippen LogP contribution in [0.4, 0.5) is 9.18 Å². The van der Waals surface area contributed by atoms with Gasteiger partial charge in [0.15, 0.2) is 5.54 Å². The number of carbonyl (C=O) groups is 2. The van der Waals surface area contributed by atoms with Crippen LogP contribution in [0.3, 0.4) is 0 Å². The Labute approximate surface area is 112 Å². The molecule has 1 fully saturated rings. The number of urea groups is 1. The maximum absolute atomic E-state index is 13.6. The van der Waals surface area contributed by atoms with Gasteiger partial charge >= 0.3 is 6.03 Å². The fraction of sp³-hybridized carbons (Fsp3) is 0.0714. The van der Waals surface area contributed by atoms with Crippen molar-refractivity contribution in [3.63, 3.8) is 0 Å². The largest absolute Gasteiger partial charge is 0.322 e. The van der Waals surface area contributed by atoms with Gasteiger partial charge in [0.2, 0.25) is 0 Å². The third-order valence-corrected chi connectivity index (χ3v) is 3.72. The molecule has 0 saturated carbocycles. The highest BCUT2D eigenvalue weighted by molar-refractivity contribution is 6.12. The van der Waals surface area contributed by atoms with Gasteiger partial charge in [-0.2, -0.15) is 0 Å². The molecule has 2 heterocycles. The van der Waals surface area contributed by atoms with E-state index >= 15 is 0 Å². The van der Waals surface area contributed by atoms with Crippen molar-refractivity contribution in [2.75, 3.05) is 0 Å². The number of hydrogen-bond donors (Lipinski definition) is 2. The van der Waals surface area contributed by atoms with E-state index in [9.17, 15) is 14.0 Å². The van der Waals surface area contributed by atoms with E-state index in [2.05, 4.69) is 15.6 Å². The number of benzene rings is 1. The topological polar surface area (TPSA) is 71.1 Å². The first-order chi connectivity index (χ1) is 9.63. The summed E-state index contributed by atoms with van der Waals surface area (Å²) in [5.41, 5.74) is 0.829. The summed E-state index contributed by atoms with van der Waals surface area (Å²) in [5.74, 6) is -0.981. The normalized spacial score (nSPS) is 22.4. The lowest BCUT2D eigenvalue weighted by Crippen LogP contribution is -2.43. The molecule has 1 aromatic heterocycles. The van der Waals surface area contributed by atoms with Crippen LogP contribution < -0.4 is 10.6 Å². The number of pyridine rings is 1. The van der Waals surface area contributed by atoms with Crippen molar-refractivity contribution in [2.24, 2.45) is 0 Å². The van der Waals surface area contributed by atoms with E-state index in [-0.39, 0.29) is 0 Å². The monoisotopic (exact) mass is 269 g/mol. The Morgan fingerprint density at radius 2 is 2.00 bits per heavy atom. The van der Waals surface area contributed by atoms with Crippen LogP contribution in [0.1, 0.15) is 11.1 Å². The molecule has 1 aliphatic carbocycles. The highest BCUT2D eigenvalue weighted by Gasteiger charge is 2.55. The van der Waals surface area contributed by atoms with E-state index in [1.54, 1.807) is 24.4 Å². The van der Waals surface area contributed by atoms with Crippen LogP contribution >= 0.6 is 0 Å². The molecule has 3 amide bonds. The highest BCUT2D eigenvalue weighted by atomic mass is 19.1. The Bertz CT molecular complexity index is 790. The maximum atomic E-state index is 13.6. The molecule has 1 spiro atoms. The minimum absolute atomic E-state index is 0.412. The Balaban J connectivity index is 2.12. The standard InChI is InChI=1S/C14H8FN3O2/c15-7-3-4-8-10(6-7)14(12(19)17-13(20)18-14)9-2-1-5-16-11(8)9/h1-6H,(H2,17,18,19,20). The maximum Gasteiger partial charge on any atom is 0.322 e. The summed E-state index contributed by atoms with van der Waals surface area (Å²) in [7, 11) is 0. The first-order valence-electron chi connectivity index (χ1n) is 6.02. The lowest BCUT2D eigenvalue weighted by atomic mass is 9.88. The molecular weight excluding hydrogens is 261 g/mol. The number of amides is 3. The molecule has 6 heteroatoms. The summed E-state index contributed by atoms with van der Waals surface area (Å²) < 4.78 is 13.6. The third-order valence-electron chi connectivity index (χ3n) is 3.72. The fourth-order valence-corrected chi connectivity index (χ4v) is 2.94. The Morgan fingerprint density at radius 1 is 1.15 bits per heavy atom. The molecule has 2 aliphatic rings. The van der Waals surface area contributed by atoms with Crippen LogP contribution in [-0.2, 0) is 10.3 Å². The van der Waals surface area contributed by atoms with Crippen LogP contribution in [0.5, 0.6) is 0 Å². The molecule has 4 rings (SSSR count). The molecule has 1 aromatic carbocycles. The van der Waals surface area contributed by atoms with Crippen molar-refractivity contribution in [3.8, 4) is 11.3 Å². The number of carbonyl (C=O) groups excluding carboxylic acids is 2. The van der Waals surface area contributed by atoms with Gasteiger partial charge in [-0.3, -0.25) is 15.1 Å². The van der Waals surface area contributed by atoms with Gasteiger partial charge in [-0.15, -0.1) is 0 Å². The fourth-order valence-electron chi connectivity index (χ4n) is 2.94. The average molecular weight is 269 g/mol. The molecule has 0 radical (unpaired) electrons. The lowest BCUT2D eigenvalue weighted by Gasteiger charge is -2.22. The van der Waals surface area contributed by atoms with E-state index < -0.39 is 23.3 Å². The molecule has 1 aliphatic heterocycles. The number of fused-ring (bicyclic) bond motifs is 5. The number of hydrogen-bond acceptors (Lipinski definition) is 3. The summed E-state index contributed by atoms with van der Waals surface area (Å²) in [6.45, 7) is 0. The van der Waals surface area contributed by atoms with E-state index in [1.165, 1.54) is 12.1 Å². The van der Waals surface area contributed by atoms with E-state index in [4.69, 9.17) is 0 Å². The van der Waals surface area contributed by atoms with Crippen LogP contribution in [-0.4, -0.2) is 16.9 Å². The predicted molar refractivity (Wildman–Crippen MR) is 67.1 cm³/mol. The summed E-state index contributed by atoms with van der Waals surface area (Å²) in [5, 5.41) is 4.82. The Kier molecular flexibility index (Phi) is 1.89. The second-order valence-electron chi connectivity index (χ2n) is 4.75. The number of rotatable bonds is 0. The number of nitrogens with zero attached hydrogens (tertiary/aromatic N) is 1. The number of aromatic nitrogens is 1. The molecular formula is C14H8FN3O2. The zero-order chi connectivity index (χ0) is 13.9. The molecule has 2 aromatic rings. The van der Waals surface area contributed by atoms with Gasteiger partial charge in [-0.1, -0.05) is 6.07 Å². The van der Waals surface area contributed by atoms with Gasteiger partial charge in [-0.25, -0.2) is 9.18 Å².